The molecule has 3 heteroatoms. The summed E-state index contributed by atoms with van der Waals surface area (Å²) in [5.41, 5.74) is 1.02. The summed E-state index contributed by atoms with van der Waals surface area (Å²) < 4.78 is 0. The largest absolute Gasteiger partial charge is 0.272 e. The van der Waals surface area contributed by atoms with Crippen molar-refractivity contribution < 1.29 is 4.79 Å². The van der Waals surface area contributed by atoms with Gasteiger partial charge in [0.2, 0.25) is 0 Å². The second-order valence-corrected chi connectivity index (χ2v) is 3.13. The Balaban J connectivity index is 2.68. The molecule has 0 N–H and O–H groups in total. The van der Waals surface area contributed by atoms with Crippen molar-refractivity contribution in [2.45, 2.75) is 33.6 Å². The number of amides is 1. The maximum Gasteiger partial charge on any atom is 0.251 e. The number of hydrogen-bond acceptors (Lipinski definition) is 2. The summed E-state index contributed by atoms with van der Waals surface area (Å²) >= 11 is 0. The normalized spacial score (nSPS) is 23.2. The summed E-state index contributed by atoms with van der Waals surface area (Å²) in [5.74, 6) is 0.176. The molecule has 1 aliphatic heterocycles. The minimum atomic E-state index is 0.0153. The van der Waals surface area contributed by atoms with Gasteiger partial charge in [0.15, 0.2) is 0 Å². The summed E-state index contributed by atoms with van der Waals surface area (Å²) in [6, 6.07) is 0. The molecule has 0 aromatic heterocycles. The van der Waals surface area contributed by atoms with Crippen LogP contribution in [0.3, 0.4) is 0 Å². The van der Waals surface area contributed by atoms with Crippen LogP contribution in [0.4, 0.5) is 0 Å². The third-order valence-electron chi connectivity index (χ3n) is 2.17. The van der Waals surface area contributed by atoms with Crippen molar-refractivity contribution in [3.63, 3.8) is 0 Å². The first-order chi connectivity index (χ1) is 5.70. The Hall–Kier alpha value is -0.860. The molecule has 0 aliphatic carbocycles. The first-order valence-corrected chi connectivity index (χ1v) is 4.59. The maximum absolute atomic E-state index is 11.5. The highest BCUT2D eigenvalue weighted by Gasteiger charge is 2.29. The second-order valence-electron chi connectivity index (χ2n) is 3.13. The molecule has 1 aliphatic rings. The van der Waals surface area contributed by atoms with E-state index in [0.717, 1.165) is 25.1 Å². The molecule has 1 heterocycles. The second kappa shape index (κ2) is 3.70. The van der Waals surface area contributed by atoms with Crippen LogP contribution < -0.4 is 0 Å². The van der Waals surface area contributed by atoms with Gasteiger partial charge in [0.1, 0.15) is 0 Å². The Morgan fingerprint density at radius 1 is 1.50 bits per heavy atom. The Bertz CT molecular complexity index is 211. The minimum absolute atomic E-state index is 0.0153. The van der Waals surface area contributed by atoms with Crippen LogP contribution in [-0.4, -0.2) is 23.2 Å². The Labute approximate surface area is 73.4 Å². The third-order valence-corrected chi connectivity index (χ3v) is 2.17. The summed E-state index contributed by atoms with van der Waals surface area (Å²) in [4.78, 5) is 11.5. The van der Waals surface area contributed by atoms with Crippen molar-refractivity contribution in [2.24, 2.45) is 11.0 Å². The summed E-state index contributed by atoms with van der Waals surface area (Å²) in [6.07, 6.45) is 1.85. The van der Waals surface area contributed by atoms with E-state index in [1.807, 2.05) is 13.8 Å². The van der Waals surface area contributed by atoms with Crippen LogP contribution in [0, 0.1) is 5.92 Å². The van der Waals surface area contributed by atoms with Crippen LogP contribution in [0.1, 0.15) is 33.6 Å². The number of rotatable bonds is 3. The van der Waals surface area contributed by atoms with E-state index in [4.69, 9.17) is 0 Å². The molecule has 0 saturated heterocycles. The van der Waals surface area contributed by atoms with Crippen molar-refractivity contribution >= 4 is 11.6 Å². The van der Waals surface area contributed by atoms with Gasteiger partial charge in [0.25, 0.3) is 5.91 Å². The van der Waals surface area contributed by atoms with Crippen molar-refractivity contribution in [1.82, 2.24) is 5.01 Å². The molecule has 0 aromatic rings. The molecule has 3 nitrogen and oxygen atoms in total. The zero-order chi connectivity index (χ0) is 9.14. The highest BCUT2D eigenvalue weighted by Crippen LogP contribution is 2.16. The molecule has 0 fully saturated rings. The quantitative estimate of drug-likeness (QED) is 0.630. The Morgan fingerprint density at radius 2 is 2.17 bits per heavy atom. The molecule has 0 aromatic carbocycles. The lowest BCUT2D eigenvalue weighted by Gasteiger charge is -2.10. The highest BCUT2D eigenvalue weighted by molar-refractivity contribution is 6.07. The lowest BCUT2D eigenvalue weighted by molar-refractivity contribution is -0.131. The summed E-state index contributed by atoms with van der Waals surface area (Å²) in [5, 5.41) is 5.86. The third kappa shape index (κ3) is 1.49. The Kier molecular flexibility index (Phi) is 2.84. The predicted octanol–water partition coefficient (Wildman–Crippen LogP) is 1.64. The van der Waals surface area contributed by atoms with E-state index >= 15 is 0 Å². The van der Waals surface area contributed by atoms with Crippen molar-refractivity contribution in [3.8, 4) is 0 Å². The van der Waals surface area contributed by atoms with Crippen LogP contribution in [0.5, 0.6) is 0 Å². The molecule has 0 spiro atoms. The standard InChI is InChI=1S/C9H16N2O/c1-4-6-11-9(12)7(3)8(5-2)10-11/h7H,4-6H2,1-3H3. The average Bonchev–Trinajstić information content (AvgIpc) is 2.33. The van der Waals surface area contributed by atoms with E-state index in [9.17, 15) is 4.79 Å². The lowest BCUT2D eigenvalue weighted by atomic mass is 10.0. The molecular weight excluding hydrogens is 152 g/mol. The van der Waals surface area contributed by atoms with Gasteiger partial charge < -0.3 is 0 Å². The molecule has 1 amide bonds. The van der Waals surface area contributed by atoms with Gasteiger partial charge in [-0.2, -0.15) is 5.10 Å². The first-order valence-electron chi connectivity index (χ1n) is 4.59. The summed E-state index contributed by atoms with van der Waals surface area (Å²) in [6.45, 7) is 6.78. The fourth-order valence-corrected chi connectivity index (χ4v) is 1.41. The lowest BCUT2D eigenvalue weighted by Crippen LogP contribution is -2.26. The monoisotopic (exact) mass is 168 g/mol. The fourth-order valence-electron chi connectivity index (χ4n) is 1.41. The van der Waals surface area contributed by atoms with E-state index in [1.165, 1.54) is 0 Å². The minimum Gasteiger partial charge on any atom is -0.272 e. The van der Waals surface area contributed by atoms with Gasteiger partial charge in [-0.05, 0) is 19.8 Å². The first kappa shape index (κ1) is 9.23. The van der Waals surface area contributed by atoms with Gasteiger partial charge in [-0.3, -0.25) is 4.79 Å². The maximum atomic E-state index is 11.5. The van der Waals surface area contributed by atoms with Crippen molar-refractivity contribution in [3.05, 3.63) is 0 Å². The van der Waals surface area contributed by atoms with Gasteiger partial charge in [0.05, 0.1) is 11.6 Å². The molecule has 68 valence electrons. The highest BCUT2D eigenvalue weighted by atomic mass is 16.2. The molecule has 12 heavy (non-hydrogen) atoms. The van der Waals surface area contributed by atoms with E-state index < -0.39 is 0 Å². The van der Waals surface area contributed by atoms with Gasteiger partial charge in [-0.1, -0.05) is 13.8 Å². The molecular formula is C9H16N2O. The van der Waals surface area contributed by atoms with Gasteiger partial charge in [-0.25, -0.2) is 5.01 Å². The SMILES string of the molecule is CCCN1N=C(CC)C(C)C1=O. The molecule has 1 rings (SSSR count). The number of carbonyl (C=O) groups is 1. The number of nitrogens with zero attached hydrogens (tertiary/aromatic N) is 2. The average molecular weight is 168 g/mol. The van der Waals surface area contributed by atoms with Crippen LogP contribution in [0.25, 0.3) is 0 Å². The number of carbonyl (C=O) groups excluding carboxylic acids is 1. The van der Waals surface area contributed by atoms with E-state index in [-0.39, 0.29) is 11.8 Å². The zero-order valence-electron chi connectivity index (χ0n) is 8.00. The van der Waals surface area contributed by atoms with E-state index in [0.29, 0.717) is 0 Å². The van der Waals surface area contributed by atoms with Crippen molar-refractivity contribution in [1.29, 1.82) is 0 Å². The Morgan fingerprint density at radius 3 is 2.58 bits per heavy atom. The zero-order valence-corrected chi connectivity index (χ0v) is 8.00. The summed E-state index contributed by atoms with van der Waals surface area (Å²) in [7, 11) is 0. The number of hydrogen-bond donors (Lipinski definition) is 0. The molecule has 0 radical (unpaired) electrons. The van der Waals surface area contributed by atoms with Crippen LogP contribution in [-0.2, 0) is 4.79 Å². The van der Waals surface area contributed by atoms with Gasteiger partial charge >= 0.3 is 0 Å². The molecule has 0 bridgehead atoms. The molecule has 1 unspecified atom stereocenters. The van der Waals surface area contributed by atoms with E-state index in [1.54, 1.807) is 5.01 Å². The van der Waals surface area contributed by atoms with Crippen LogP contribution in [0.15, 0.2) is 5.10 Å². The van der Waals surface area contributed by atoms with Crippen LogP contribution in [0.2, 0.25) is 0 Å². The fraction of sp³-hybridized carbons (Fsp3) is 0.778. The number of hydrazone groups is 1. The van der Waals surface area contributed by atoms with Crippen LogP contribution >= 0.6 is 0 Å². The van der Waals surface area contributed by atoms with E-state index in [2.05, 4.69) is 12.0 Å². The smallest absolute Gasteiger partial charge is 0.251 e. The topological polar surface area (TPSA) is 32.7 Å². The predicted molar refractivity (Wildman–Crippen MR) is 48.9 cm³/mol. The van der Waals surface area contributed by atoms with Gasteiger partial charge in [0, 0.05) is 6.54 Å². The molecule has 1 atom stereocenters. The van der Waals surface area contributed by atoms with Gasteiger partial charge in [-0.15, -0.1) is 0 Å². The van der Waals surface area contributed by atoms with Crippen molar-refractivity contribution in [2.75, 3.05) is 6.54 Å². The molecule has 0 saturated carbocycles.